The molecule has 0 radical (unpaired) electrons. The van der Waals surface area contributed by atoms with Gasteiger partial charge in [0, 0.05) is 32.6 Å². The molecule has 0 aromatic carbocycles. The van der Waals surface area contributed by atoms with Gasteiger partial charge in [-0.15, -0.1) is 0 Å². The Morgan fingerprint density at radius 3 is 3.05 bits per heavy atom. The Hall–Kier alpha value is -2.05. The van der Waals surface area contributed by atoms with Crippen molar-refractivity contribution in [2.75, 3.05) is 43.5 Å². The lowest BCUT2D eigenvalue weighted by atomic mass is 10.3. The summed E-state index contributed by atoms with van der Waals surface area (Å²) in [4.78, 5) is 22.0. The summed E-state index contributed by atoms with van der Waals surface area (Å²) in [6, 6.07) is 0. The summed E-state index contributed by atoms with van der Waals surface area (Å²) in [7, 11) is 1.61. The second-order valence-electron chi connectivity index (χ2n) is 4.59. The molecule has 1 amide bonds. The molecule has 2 rings (SSSR count). The van der Waals surface area contributed by atoms with Gasteiger partial charge in [-0.2, -0.15) is 0 Å². The van der Waals surface area contributed by atoms with E-state index in [-0.39, 0.29) is 5.91 Å². The van der Waals surface area contributed by atoms with Gasteiger partial charge in [0.2, 0.25) is 11.7 Å². The normalized spacial score (nSPS) is 15.5. The molecule has 0 atom stereocenters. The molecule has 20 heavy (non-hydrogen) atoms. The Kier molecular flexibility index (Phi) is 4.97. The van der Waals surface area contributed by atoms with Gasteiger partial charge in [0.15, 0.2) is 11.6 Å². The first kappa shape index (κ1) is 14.4. The van der Waals surface area contributed by atoms with Crippen LogP contribution in [0, 0.1) is 0 Å². The molecular formula is C13H21N5O2. The molecule has 1 aliphatic heterocycles. The third kappa shape index (κ3) is 3.28. The van der Waals surface area contributed by atoms with E-state index in [1.807, 2.05) is 0 Å². The molecule has 0 saturated carbocycles. The zero-order valence-corrected chi connectivity index (χ0v) is 12.0. The maximum absolute atomic E-state index is 11.4. The van der Waals surface area contributed by atoms with Crippen molar-refractivity contribution >= 4 is 17.5 Å². The monoisotopic (exact) mass is 279 g/mol. The number of carbonyl (C=O) groups excluding carboxylic acids is 1. The van der Waals surface area contributed by atoms with E-state index in [4.69, 9.17) is 4.74 Å². The van der Waals surface area contributed by atoms with Crippen molar-refractivity contribution in [1.29, 1.82) is 0 Å². The first-order chi connectivity index (χ1) is 9.76. The van der Waals surface area contributed by atoms with Crippen LogP contribution >= 0.6 is 0 Å². The lowest BCUT2D eigenvalue weighted by Gasteiger charge is -2.23. The molecule has 0 unspecified atom stereocenters. The summed E-state index contributed by atoms with van der Waals surface area (Å²) in [5.41, 5.74) is 0. The van der Waals surface area contributed by atoms with Crippen molar-refractivity contribution in [1.82, 2.24) is 15.3 Å². The topological polar surface area (TPSA) is 79.4 Å². The van der Waals surface area contributed by atoms with E-state index < -0.39 is 0 Å². The number of aromatic nitrogens is 2. The average molecular weight is 279 g/mol. The van der Waals surface area contributed by atoms with Crippen LogP contribution in [0.25, 0.3) is 0 Å². The zero-order chi connectivity index (χ0) is 14.4. The number of hydrogen-bond acceptors (Lipinski definition) is 6. The highest BCUT2D eigenvalue weighted by Crippen LogP contribution is 2.32. The van der Waals surface area contributed by atoms with Crippen molar-refractivity contribution in [2.45, 2.75) is 19.8 Å². The first-order valence-electron chi connectivity index (χ1n) is 6.90. The van der Waals surface area contributed by atoms with Crippen LogP contribution in [0.4, 0.5) is 11.6 Å². The van der Waals surface area contributed by atoms with Gasteiger partial charge in [0.1, 0.15) is 6.33 Å². The van der Waals surface area contributed by atoms with Crippen LogP contribution in [0.15, 0.2) is 6.33 Å². The fourth-order valence-corrected chi connectivity index (χ4v) is 2.13. The van der Waals surface area contributed by atoms with Gasteiger partial charge >= 0.3 is 0 Å². The minimum atomic E-state index is 0.0739. The van der Waals surface area contributed by atoms with Crippen LogP contribution in [0.2, 0.25) is 0 Å². The third-order valence-electron chi connectivity index (χ3n) is 3.14. The van der Waals surface area contributed by atoms with E-state index in [0.29, 0.717) is 37.6 Å². The van der Waals surface area contributed by atoms with Gasteiger partial charge < -0.3 is 20.3 Å². The molecule has 2 heterocycles. The fraction of sp³-hybridized carbons (Fsp3) is 0.615. The van der Waals surface area contributed by atoms with E-state index in [2.05, 4.69) is 32.4 Å². The lowest BCUT2D eigenvalue weighted by molar-refractivity contribution is -0.120. The fourth-order valence-electron chi connectivity index (χ4n) is 2.13. The van der Waals surface area contributed by atoms with Crippen LogP contribution < -0.4 is 20.3 Å². The van der Waals surface area contributed by atoms with Gasteiger partial charge in [0.25, 0.3) is 0 Å². The maximum atomic E-state index is 11.4. The summed E-state index contributed by atoms with van der Waals surface area (Å²) < 4.78 is 5.46. The Morgan fingerprint density at radius 1 is 1.45 bits per heavy atom. The smallest absolute Gasteiger partial charge is 0.221 e. The minimum Gasteiger partial charge on any atom is -0.490 e. The van der Waals surface area contributed by atoms with Gasteiger partial charge in [-0.05, 0) is 6.42 Å². The molecule has 1 aromatic rings. The van der Waals surface area contributed by atoms with Crippen molar-refractivity contribution < 1.29 is 9.53 Å². The Balaban J connectivity index is 2.23. The Bertz CT molecular complexity index is 466. The van der Waals surface area contributed by atoms with Crippen molar-refractivity contribution in [2.24, 2.45) is 0 Å². The molecule has 110 valence electrons. The molecule has 1 fully saturated rings. The molecule has 0 aliphatic carbocycles. The number of rotatable bonds is 5. The Morgan fingerprint density at radius 2 is 2.30 bits per heavy atom. The summed E-state index contributed by atoms with van der Waals surface area (Å²) in [6.45, 7) is 4.88. The van der Waals surface area contributed by atoms with Crippen LogP contribution in [-0.2, 0) is 4.79 Å². The molecule has 0 spiro atoms. The Labute approximate surface area is 118 Å². The predicted molar refractivity (Wildman–Crippen MR) is 77.2 cm³/mol. The molecule has 7 nitrogen and oxygen atoms in total. The lowest BCUT2D eigenvalue weighted by Crippen LogP contribution is -2.29. The van der Waals surface area contributed by atoms with E-state index in [1.54, 1.807) is 7.11 Å². The third-order valence-corrected chi connectivity index (χ3v) is 3.14. The molecule has 1 aliphatic rings. The molecule has 0 bridgehead atoms. The van der Waals surface area contributed by atoms with E-state index in [1.165, 1.54) is 6.33 Å². The van der Waals surface area contributed by atoms with E-state index in [0.717, 1.165) is 18.8 Å². The van der Waals surface area contributed by atoms with Gasteiger partial charge in [0.05, 0.1) is 7.11 Å². The van der Waals surface area contributed by atoms with Crippen LogP contribution in [0.5, 0.6) is 5.75 Å². The second-order valence-corrected chi connectivity index (χ2v) is 4.59. The predicted octanol–water partition coefficient (Wildman–Crippen LogP) is 0.633. The van der Waals surface area contributed by atoms with Crippen LogP contribution in [0.3, 0.4) is 0 Å². The number of ether oxygens (including phenoxy) is 1. The van der Waals surface area contributed by atoms with Crippen LogP contribution in [0.1, 0.15) is 19.8 Å². The minimum absolute atomic E-state index is 0.0739. The van der Waals surface area contributed by atoms with E-state index in [9.17, 15) is 4.79 Å². The summed E-state index contributed by atoms with van der Waals surface area (Å²) in [5.74, 6) is 2.14. The molecule has 1 aromatic heterocycles. The van der Waals surface area contributed by atoms with Crippen molar-refractivity contribution in [3.8, 4) is 5.75 Å². The summed E-state index contributed by atoms with van der Waals surface area (Å²) in [6.07, 6.45) is 2.99. The van der Waals surface area contributed by atoms with Crippen molar-refractivity contribution in [3.63, 3.8) is 0 Å². The number of carbonyl (C=O) groups is 1. The number of nitrogens with zero attached hydrogens (tertiary/aromatic N) is 3. The molecule has 1 saturated heterocycles. The van der Waals surface area contributed by atoms with Gasteiger partial charge in [-0.1, -0.05) is 6.92 Å². The average Bonchev–Trinajstić information content (AvgIpc) is 2.69. The molecule has 7 heteroatoms. The highest BCUT2D eigenvalue weighted by atomic mass is 16.5. The number of hydrogen-bond donors (Lipinski definition) is 2. The van der Waals surface area contributed by atoms with Crippen molar-refractivity contribution in [3.05, 3.63) is 6.33 Å². The van der Waals surface area contributed by atoms with Crippen LogP contribution in [-0.4, -0.2) is 49.2 Å². The molecular weight excluding hydrogens is 258 g/mol. The number of methoxy groups -OCH3 is 1. The number of anilines is 2. The summed E-state index contributed by atoms with van der Waals surface area (Å²) >= 11 is 0. The molecule has 2 N–H and O–H groups in total. The second kappa shape index (κ2) is 6.93. The number of nitrogens with one attached hydrogen (secondary N) is 2. The summed E-state index contributed by atoms with van der Waals surface area (Å²) in [5, 5.41) is 6.08. The van der Waals surface area contributed by atoms with E-state index >= 15 is 0 Å². The zero-order valence-electron chi connectivity index (χ0n) is 12.0. The SMILES string of the molecule is CCCNc1ncnc(N2CCNC(=O)CC2)c1OC. The number of amides is 1. The first-order valence-corrected chi connectivity index (χ1v) is 6.90. The van der Waals surface area contributed by atoms with Gasteiger partial charge in [-0.25, -0.2) is 9.97 Å². The van der Waals surface area contributed by atoms with Gasteiger partial charge in [-0.3, -0.25) is 4.79 Å². The quantitative estimate of drug-likeness (QED) is 0.823. The maximum Gasteiger partial charge on any atom is 0.221 e. The standard InChI is InChI=1S/C13H21N5O2/c1-3-5-15-12-11(20-2)13(17-9-16-12)18-7-4-10(19)14-6-8-18/h9H,3-8H2,1-2H3,(H,14,19)(H,15,16,17). The highest BCUT2D eigenvalue weighted by molar-refractivity contribution is 5.77. The highest BCUT2D eigenvalue weighted by Gasteiger charge is 2.20. The largest absolute Gasteiger partial charge is 0.490 e.